The van der Waals surface area contributed by atoms with E-state index in [4.69, 9.17) is 14.5 Å². The molecule has 1 saturated carbocycles. The standard InChI is InChI=1S/C43H52N8O6/c1-24(2)36(48-42(54)56-5)40(52)50-19-7-8-34(50)38-44-22-33(47-38)29-14-11-26(12-15-29)9-10-27-13-18-31-32(20-27)46-39(45-31)35-21-30(28-16-17-28)23-51(35)41(53)37(25(3)4)49-43(55)57-6/h11-15,18,20,22,24-25,28,30,34-37H,7-8,16-17,19,21,23H2,1-6H3,(H,44,47)(H,45,46)(H,48,54)(H,49,55)/t30-,34-,35-,36-,37-/m0/s1. The number of carbonyl (C=O) groups excluding carboxylic acids is 4. The number of imidazole rings is 2. The number of benzene rings is 2. The van der Waals surface area contributed by atoms with E-state index < -0.39 is 24.3 Å². The number of fused-ring (bicyclic) bond motifs is 1. The van der Waals surface area contributed by atoms with Crippen LogP contribution < -0.4 is 10.6 Å². The van der Waals surface area contributed by atoms with Gasteiger partial charge in [0, 0.05) is 24.2 Å². The number of aromatic nitrogens is 4. The van der Waals surface area contributed by atoms with Crippen LogP contribution in [-0.4, -0.2) is 93.1 Å². The van der Waals surface area contributed by atoms with E-state index >= 15 is 0 Å². The van der Waals surface area contributed by atoms with Crippen LogP contribution in [-0.2, 0) is 19.1 Å². The maximum absolute atomic E-state index is 13.9. The Hall–Kier alpha value is -5.84. The number of carbonyl (C=O) groups is 4. The van der Waals surface area contributed by atoms with Gasteiger partial charge in [0.25, 0.3) is 0 Å². The molecule has 4 aromatic rings. The number of H-pyrrole nitrogens is 2. The summed E-state index contributed by atoms with van der Waals surface area (Å²) in [5.41, 5.74) is 5.10. The molecule has 4 heterocycles. The second-order valence-corrected chi connectivity index (χ2v) is 16.1. The summed E-state index contributed by atoms with van der Waals surface area (Å²) < 4.78 is 9.57. The van der Waals surface area contributed by atoms with Crippen LogP contribution in [0.3, 0.4) is 0 Å². The van der Waals surface area contributed by atoms with Gasteiger partial charge in [0.05, 0.1) is 49.2 Å². The van der Waals surface area contributed by atoms with Crippen molar-refractivity contribution in [2.24, 2.45) is 23.7 Å². The number of aromatic amines is 2. The number of hydrogen-bond donors (Lipinski definition) is 4. The maximum atomic E-state index is 13.9. The summed E-state index contributed by atoms with van der Waals surface area (Å²) in [6, 6.07) is 12.0. The number of alkyl carbamates (subject to hydrolysis) is 2. The zero-order valence-electron chi connectivity index (χ0n) is 33.4. The van der Waals surface area contributed by atoms with Gasteiger partial charge in [0.2, 0.25) is 11.8 Å². The van der Waals surface area contributed by atoms with Gasteiger partial charge >= 0.3 is 12.2 Å². The first kappa shape index (κ1) is 39.4. The molecule has 4 N–H and O–H groups in total. The molecule has 0 spiro atoms. The van der Waals surface area contributed by atoms with Crippen LogP contribution in [0, 0.1) is 35.5 Å². The lowest BCUT2D eigenvalue weighted by molar-refractivity contribution is -0.136. The summed E-state index contributed by atoms with van der Waals surface area (Å²) in [6.45, 7) is 8.87. The summed E-state index contributed by atoms with van der Waals surface area (Å²) in [7, 11) is 2.59. The van der Waals surface area contributed by atoms with Gasteiger partial charge in [-0.25, -0.2) is 19.6 Å². The summed E-state index contributed by atoms with van der Waals surface area (Å²) in [6.07, 6.45) is 5.35. The molecular weight excluding hydrogens is 725 g/mol. The highest BCUT2D eigenvalue weighted by Gasteiger charge is 2.46. The fourth-order valence-corrected chi connectivity index (χ4v) is 8.15. The number of hydrogen-bond acceptors (Lipinski definition) is 8. The van der Waals surface area contributed by atoms with Crippen LogP contribution in [0.25, 0.3) is 22.3 Å². The highest BCUT2D eigenvalue weighted by Crippen LogP contribution is 2.47. The number of rotatable bonds is 10. The van der Waals surface area contributed by atoms with Gasteiger partial charge in [0.1, 0.15) is 23.7 Å². The fraction of sp³-hybridized carbons (Fsp3) is 0.488. The molecule has 2 aromatic heterocycles. The molecule has 2 aliphatic heterocycles. The van der Waals surface area contributed by atoms with Crippen molar-refractivity contribution in [2.45, 2.75) is 84.0 Å². The highest BCUT2D eigenvalue weighted by molar-refractivity contribution is 5.87. The third kappa shape index (κ3) is 8.62. The summed E-state index contributed by atoms with van der Waals surface area (Å²) >= 11 is 0. The molecule has 1 aliphatic carbocycles. The lowest BCUT2D eigenvalue weighted by atomic mass is 10.0. The number of ether oxygens (including phenoxy) is 2. The van der Waals surface area contributed by atoms with Crippen molar-refractivity contribution in [1.82, 2.24) is 40.4 Å². The second kappa shape index (κ2) is 16.7. The Labute approximate surface area is 332 Å². The molecule has 2 aromatic carbocycles. The average molecular weight is 777 g/mol. The first-order valence-electron chi connectivity index (χ1n) is 19.9. The number of likely N-dealkylation sites (tertiary alicyclic amines) is 2. The molecule has 14 nitrogen and oxygen atoms in total. The van der Waals surface area contributed by atoms with Crippen LogP contribution in [0.5, 0.6) is 0 Å². The number of methoxy groups -OCH3 is 2. The highest BCUT2D eigenvalue weighted by atomic mass is 16.5. The zero-order chi connectivity index (χ0) is 40.4. The molecule has 0 bridgehead atoms. The van der Waals surface area contributed by atoms with Gasteiger partial charge in [0.15, 0.2) is 0 Å². The SMILES string of the molecule is COC(=O)N[C@H](C(=O)N1CCC[C@H]1c1ncc(-c2ccc(C#Cc3ccc4nc([C@@H]5C[C@H](C6CC6)CN5C(=O)[C@@H](NC(=O)OC)C(C)C)[nH]c4c3)cc2)[nH]1)C(C)C. The Bertz CT molecular complexity index is 2180. The van der Waals surface area contributed by atoms with Crippen molar-refractivity contribution in [3.63, 3.8) is 0 Å². The van der Waals surface area contributed by atoms with Gasteiger partial charge in [-0.15, -0.1) is 0 Å². The first-order valence-corrected chi connectivity index (χ1v) is 19.9. The van der Waals surface area contributed by atoms with E-state index in [-0.39, 0.29) is 35.7 Å². The predicted octanol–water partition coefficient (Wildman–Crippen LogP) is 6.08. The molecular formula is C43H52N8O6. The van der Waals surface area contributed by atoms with Crippen molar-refractivity contribution in [3.05, 3.63) is 71.4 Å². The van der Waals surface area contributed by atoms with E-state index in [2.05, 4.69) is 37.4 Å². The summed E-state index contributed by atoms with van der Waals surface area (Å²) in [5.74, 6) is 8.54. The van der Waals surface area contributed by atoms with Gasteiger partial charge in [-0.3, -0.25) is 9.59 Å². The van der Waals surface area contributed by atoms with Crippen molar-refractivity contribution >= 4 is 35.0 Å². The van der Waals surface area contributed by atoms with E-state index in [9.17, 15) is 19.2 Å². The second-order valence-electron chi connectivity index (χ2n) is 16.1. The zero-order valence-corrected chi connectivity index (χ0v) is 33.4. The van der Waals surface area contributed by atoms with Crippen LogP contribution in [0.4, 0.5) is 9.59 Å². The lowest BCUT2D eigenvalue weighted by Crippen LogP contribution is -2.51. The Morgan fingerprint density at radius 1 is 0.772 bits per heavy atom. The van der Waals surface area contributed by atoms with E-state index in [1.807, 2.05) is 75.1 Å². The first-order chi connectivity index (χ1) is 27.4. The average Bonchev–Trinajstić information content (AvgIpc) is 3.59. The number of nitrogens with one attached hydrogen (secondary N) is 4. The topological polar surface area (TPSA) is 175 Å². The molecule has 300 valence electrons. The molecule has 57 heavy (non-hydrogen) atoms. The van der Waals surface area contributed by atoms with Crippen molar-refractivity contribution in [3.8, 4) is 23.1 Å². The van der Waals surface area contributed by atoms with Gasteiger partial charge in [-0.1, -0.05) is 51.7 Å². The molecule has 0 unspecified atom stereocenters. The predicted molar refractivity (Wildman–Crippen MR) is 213 cm³/mol. The molecule has 4 amide bonds. The van der Waals surface area contributed by atoms with E-state index in [0.29, 0.717) is 30.7 Å². The van der Waals surface area contributed by atoms with E-state index in [1.54, 1.807) is 11.1 Å². The summed E-state index contributed by atoms with van der Waals surface area (Å²) in [5, 5.41) is 5.44. The van der Waals surface area contributed by atoms with Crippen LogP contribution in [0.15, 0.2) is 48.7 Å². The largest absolute Gasteiger partial charge is 0.453 e. The van der Waals surface area contributed by atoms with E-state index in [0.717, 1.165) is 58.5 Å². The number of nitrogens with zero attached hydrogens (tertiary/aromatic N) is 4. The number of amides is 4. The molecule has 14 heteroatoms. The van der Waals surface area contributed by atoms with Crippen LogP contribution >= 0.6 is 0 Å². The lowest BCUT2D eigenvalue weighted by Gasteiger charge is -2.30. The Morgan fingerprint density at radius 3 is 2.04 bits per heavy atom. The molecule has 3 fully saturated rings. The molecule has 3 aliphatic rings. The minimum Gasteiger partial charge on any atom is -0.453 e. The third-order valence-electron chi connectivity index (χ3n) is 11.5. The van der Waals surface area contributed by atoms with Crippen LogP contribution in [0.2, 0.25) is 0 Å². The minimum atomic E-state index is -0.697. The third-order valence-corrected chi connectivity index (χ3v) is 11.5. The smallest absolute Gasteiger partial charge is 0.407 e. The van der Waals surface area contributed by atoms with E-state index in [1.165, 1.54) is 27.1 Å². The fourth-order valence-electron chi connectivity index (χ4n) is 8.15. The van der Waals surface area contributed by atoms with Crippen LogP contribution in [0.1, 0.15) is 94.7 Å². The Kier molecular flexibility index (Phi) is 11.6. The molecule has 5 atom stereocenters. The monoisotopic (exact) mass is 776 g/mol. The summed E-state index contributed by atoms with van der Waals surface area (Å²) in [4.78, 5) is 71.7. The Morgan fingerprint density at radius 2 is 1.40 bits per heavy atom. The molecule has 0 radical (unpaired) electrons. The normalized spacial score (nSPS) is 20.3. The van der Waals surface area contributed by atoms with Crippen molar-refractivity contribution in [1.29, 1.82) is 0 Å². The maximum Gasteiger partial charge on any atom is 0.407 e. The van der Waals surface area contributed by atoms with Crippen molar-refractivity contribution in [2.75, 3.05) is 27.3 Å². The molecule has 2 saturated heterocycles. The minimum absolute atomic E-state index is 0.109. The Balaban J connectivity index is 1.03. The van der Waals surface area contributed by atoms with Gasteiger partial charge < -0.3 is 39.9 Å². The van der Waals surface area contributed by atoms with Gasteiger partial charge in [-0.2, -0.15) is 0 Å². The van der Waals surface area contributed by atoms with Gasteiger partial charge in [-0.05, 0) is 91.7 Å². The van der Waals surface area contributed by atoms with Crippen molar-refractivity contribution < 1.29 is 28.7 Å². The quantitative estimate of drug-likeness (QED) is 0.140. The molecule has 7 rings (SSSR count).